The van der Waals surface area contributed by atoms with E-state index in [0.29, 0.717) is 30.5 Å². The Labute approximate surface area is 183 Å². The predicted octanol–water partition coefficient (Wildman–Crippen LogP) is 3.07. The standard InChI is InChI=1S/C21H27FN4O.HI/c1-16(18-8-4-3-5-9-18)15-26-21(23-2)25-12-11-24-20(27)14-17-7-6-10-19(22)13-17;/h3-10,13,16H,11-12,14-15H2,1-2H3,(H,24,27)(H2,23,25,26);1H. The van der Waals surface area contributed by atoms with Crippen molar-refractivity contribution < 1.29 is 9.18 Å². The number of nitrogens with one attached hydrogen (secondary N) is 3. The lowest BCUT2D eigenvalue weighted by Crippen LogP contribution is -2.42. The Morgan fingerprint density at radius 3 is 2.43 bits per heavy atom. The summed E-state index contributed by atoms with van der Waals surface area (Å²) in [7, 11) is 1.71. The summed E-state index contributed by atoms with van der Waals surface area (Å²) in [6.45, 7) is 3.93. The van der Waals surface area contributed by atoms with Crippen LogP contribution in [0, 0.1) is 5.82 Å². The topological polar surface area (TPSA) is 65.5 Å². The number of hydrogen-bond acceptors (Lipinski definition) is 2. The maximum absolute atomic E-state index is 13.1. The van der Waals surface area contributed by atoms with Crippen molar-refractivity contribution in [2.45, 2.75) is 19.3 Å². The van der Waals surface area contributed by atoms with Crippen LogP contribution in [0.4, 0.5) is 4.39 Å². The zero-order valence-corrected chi connectivity index (χ0v) is 18.6. The first-order valence-electron chi connectivity index (χ1n) is 9.09. The van der Waals surface area contributed by atoms with E-state index < -0.39 is 0 Å². The summed E-state index contributed by atoms with van der Waals surface area (Å²) in [5.74, 6) is 0.581. The second kappa shape index (κ2) is 13.1. The zero-order chi connectivity index (χ0) is 19.5. The van der Waals surface area contributed by atoms with Crippen molar-refractivity contribution in [3.05, 3.63) is 71.5 Å². The third-order valence-electron chi connectivity index (χ3n) is 4.16. The van der Waals surface area contributed by atoms with E-state index in [0.717, 1.165) is 6.54 Å². The predicted molar refractivity (Wildman–Crippen MR) is 123 cm³/mol. The number of carbonyl (C=O) groups is 1. The van der Waals surface area contributed by atoms with Gasteiger partial charge in [0.05, 0.1) is 6.42 Å². The van der Waals surface area contributed by atoms with Crippen molar-refractivity contribution in [3.63, 3.8) is 0 Å². The fraction of sp³-hybridized carbons (Fsp3) is 0.333. The average Bonchev–Trinajstić information content (AvgIpc) is 2.68. The minimum atomic E-state index is -0.332. The van der Waals surface area contributed by atoms with E-state index in [9.17, 15) is 9.18 Å². The highest BCUT2D eigenvalue weighted by molar-refractivity contribution is 14.0. The summed E-state index contributed by atoms with van der Waals surface area (Å²) in [4.78, 5) is 16.1. The number of hydrogen-bond donors (Lipinski definition) is 3. The second-order valence-electron chi connectivity index (χ2n) is 6.35. The Bertz CT molecular complexity index is 755. The third kappa shape index (κ3) is 8.69. The molecule has 3 N–H and O–H groups in total. The first kappa shape index (κ1) is 23.9. The largest absolute Gasteiger partial charge is 0.356 e. The van der Waals surface area contributed by atoms with Crippen molar-refractivity contribution in [1.29, 1.82) is 0 Å². The minimum Gasteiger partial charge on any atom is -0.356 e. The molecule has 5 nitrogen and oxygen atoms in total. The van der Waals surface area contributed by atoms with E-state index in [-0.39, 0.29) is 42.1 Å². The molecule has 152 valence electrons. The molecule has 0 aliphatic carbocycles. The summed E-state index contributed by atoms with van der Waals surface area (Å²) in [6.07, 6.45) is 0.166. The fourth-order valence-corrected chi connectivity index (χ4v) is 2.65. The van der Waals surface area contributed by atoms with Gasteiger partial charge in [-0.2, -0.15) is 0 Å². The van der Waals surface area contributed by atoms with E-state index in [2.05, 4.69) is 40.0 Å². The van der Waals surface area contributed by atoms with Gasteiger partial charge in [0.2, 0.25) is 5.91 Å². The molecule has 2 aromatic rings. The molecular formula is C21H28FIN4O. The molecule has 0 aliphatic heterocycles. The maximum Gasteiger partial charge on any atom is 0.224 e. The highest BCUT2D eigenvalue weighted by Crippen LogP contribution is 2.12. The van der Waals surface area contributed by atoms with Crippen molar-refractivity contribution in [2.24, 2.45) is 4.99 Å². The number of rotatable bonds is 8. The van der Waals surface area contributed by atoms with E-state index >= 15 is 0 Å². The second-order valence-corrected chi connectivity index (χ2v) is 6.35. The smallest absolute Gasteiger partial charge is 0.224 e. The maximum atomic E-state index is 13.1. The van der Waals surface area contributed by atoms with Gasteiger partial charge in [-0.05, 0) is 29.2 Å². The molecule has 0 saturated heterocycles. The molecule has 28 heavy (non-hydrogen) atoms. The van der Waals surface area contributed by atoms with Crippen LogP contribution in [0.3, 0.4) is 0 Å². The Morgan fingerprint density at radius 2 is 1.75 bits per heavy atom. The molecule has 1 unspecified atom stereocenters. The highest BCUT2D eigenvalue weighted by Gasteiger charge is 2.07. The number of guanidine groups is 1. The zero-order valence-electron chi connectivity index (χ0n) is 16.2. The first-order chi connectivity index (χ1) is 13.1. The molecule has 0 aromatic heterocycles. The van der Waals surface area contributed by atoms with Gasteiger partial charge in [-0.15, -0.1) is 24.0 Å². The highest BCUT2D eigenvalue weighted by atomic mass is 127. The lowest BCUT2D eigenvalue weighted by Gasteiger charge is -2.16. The lowest BCUT2D eigenvalue weighted by molar-refractivity contribution is -0.120. The number of aliphatic imine (C=N–C) groups is 1. The Balaban J connectivity index is 0.00000392. The van der Waals surface area contributed by atoms with Crippen LogP contribution in [0.2, 0.25) is 0 Å². The molecule has 2 rings (SSSR count). The molecule has 2 aromatic carbocycles. The summed E-state index contributed by atoms with van der Waals surface area (Å²) in [5, 5.41) is 9.27. The molecule has 0 spiro atoms. The van der Waals surface area contributed by atoms with E-state index in [1.54, 1.807) is 19.2 Å². The lowest BCUT2D eigenvalue weighted by atomic mass is 10.0. The van der Waals surface area contributed by atoms with Gasteiger partial charge in [-0.3, -0.25) is 9.79 Å². The van der Waals surface area contributed by atoms with Crippen LogP contribution in [-0.4, -0.2) is 38.5 Å². The average molecular weight is 498 g/mol. The Morgan fingerprint density at radius 1 is 1.04 bits per heavy atom. The molecule has 0 aliphatic rings. The summed E-state index contributed by atoms with van der Waals surface area (Å²) in [5.41, 5.74) is 1.93. The van der Waals surface area contributed by atoms with Crippen LogP contribution in [0.5, 0.6) is 0 Å². The molecule has 0 saturated carbocycles. The third-order valence-corrected chi connectivity index (χ3v) is 4.16. The number of halogens is 2. The van der Waals surface area contributed by atoms with Gasteiger partial charge in [0.25, 0.3) is 0 Å². The van der Waals surface area contributed by atoms with Gasteiger partial charge in [-0.25, -0.2) is 4.39 Å². The van der Waals surface area contributed by atoms with Crippen LogP contribution in [0.15, 0.2) is 59.6 Å². The SMILES string of the molecule is CN=C(NCCNC(=O)Cc1cccc(F)c1)NCC(C)c1ccccc1.I. The monoisotopic (exact) mass is 498 g/mol. The van der Waals surface area contributed by atoms with Gasteiger partial charge in [0.1, 0.15) is 5.82 Å². The van der Waals surface area contributed by atoms with Gasteiger partial charge in [0.15, 0.2) is 5.96 Å². The van der Waals surface area contributed by atoms with Crippen molar-refractivity contribution in [1.82, 2.24) is 16.0 Å². The first-order valence-corrected chi connectivity index (χ1v) is 9.09. The number of amides is 1. The molecule has 1 amide bonds. The van der Waals surface area contributed by atoms with Crippen LogP contribution in [0.1, 0.15) is 24.0 Å². The number of carbonyl (C=O) groups excluding carboxylic acids is 1. The Hall–Kier alpha value is -2.16. The van der Waals surface area contributed by atoms with Crippen LogP contribution >= 0.6 is 24.0 Å². The van der Waals surface area contributed by atoms with Crippen molar-refractivity contribution in [2.75, 3.05) is 26.7 Å². The summed E-state index contributed by atoms with van der Waals surface area (Å²) < 4.78 is 13.1. The number of benzene rings is 2. The normalized spacial score (nSPS) is 11.9. The van der Waals surface area contributed by atoms with Crippen LogP contribution in [-0.2, 0) is 11.2 Å². The van der Waals surface area contributed by atoms with Gasteiger partial charge in [0, 0.05) is 26.7 Å². The van der Waals surface area contributed by atoms with Crippen LogP contribution < -0.4 is 16.0 Å². The van der Waals surface area contributed by atoms with Gasteiger partial charge < -0.3 is 16.0 Å². The molecule has 0 heterocycles. The summed E-state index contributed by atoms with van der Waals surface area (Å²) in [6, 6.07) is 16.4. The molecular weight excluding hydrogens is 470 g/mol. The van der Waals surface area contributed by atoms with Gasteiger partial charge >= 0.3 is 0 Å². The van der Waals surface area contributed by atoms with Crippen molar-refractivity contribution in [3.8, 4) is 0 Å². The minimum absolute atomic E-state index is 0. The van der Waals surface area contributed by atoms with Gasteiger partial charge in [-0.1, -0.05) is 49.4 Å². The van der Waals surface area contributed by atoms with E-state index in [1.807, 2.05) is 18.2 Å². The molecule has 0 bridgehead atoms. The van der Waals surface area contributed by atoms with E-state index in [4.69, 9.17) is 0 Å². The van der Waals surface area contributed by atoms with Crippen molar-refractivity contribution >= 4 is 35.8 Å². The summed E-state index contributed by atoms with van der Waals surface area (Å²) >= 11 is 0. The Kier molecular flexibility index (Phi) is 11.2. The molecule has 0 fully saturated rings. The molecule has 1 atom stereocenters. The van der Waals surface area contributed by atoms with E-state index in [1.165, 1.54) is 17.7 Å². The molecule has 0 radical (unpaired) electrons. The number of nitrogens with zero attached hydrogens (tertiary/aromatic N) is 1. The van der Waals surface area contributed by atoms with Crippen LogP contribution in [0.25, 0.3) is 0 Å². The molecule has 7 heteroatoms. The fourth-order valence-electron chi connectivity index (χ4n) is 2.65. The quantitative estimate of drug-likeness (QED) is 0.227.